The molecule has 2 aliphatic carbocycles. The molecule has 0 N–H and O–H groups in total. The van der Waals surface area contributed by atoms with Crippen molar-refractivity contribution < 1.29 is 0 Å². The quantitative estimate of drug-likeness (QED) is 0.195. The molecule has 1 heterocycles. The van der Waals surface area contributed by atoms with Crippen LogP contribution in [0.2, 0.25) is 0 Å². The van der Waals surface area contributed by atoms with Crippen LogP contribution in [-0.4, -0.2) is 0 Å². The van der Waals surface area contributed by atoms with Crippen LogP contribution in [0, 0.1) is 0 Å². The van der Waals surface area contributed by atoms with Gasteiger partial charge in [-0.15, -0.1) is 11.3 Å². The van der Waals surface area contributed by atoms with Crippen LogP contribution in [0.25, 0.3) is 64.7 Å². The fourth-order valence-electron chi connectivity index (χ4n) is 8.12. The maximum absolute atomic E-state index is 2.47. The average Bonchev–Trinajstić information content (AvgIpc) is 3.61. The Labute approximate surface area is 257 Å². The first-order valence-electron chi connectivity index (χ1n) is 15.3. The van der Waals surface area contributed by atoms with E-state index < -0.39 is 0 Å². The van der Waals surface area contributed by atoms with Crippen LogP contribution in [0.5, 0.6) is 0 Å². The minimum atomic E-state index is -0.0974. The van der Waals surface area contributed by atoms with Crippen LogP contribution < -0.4 is 0 Å². The number of rotatable bonds is 2. The van der Waals surface area contributed by atoms with Crippen molar-refractivity contribution in [1.29, 1.82) is 0 Å². The van der Waals surface area contributed by atoms with Gasteiger partial charge in [-0.25, -0.2) is 0 Å². The van der Waals surface area contributed by atoms with E-state index in [0.29, 0.717) is 0 Å². The van der Waals surface area contributed by atoms with Crippen LogP contribution in [0.15, 0.2) is 121 Å². The van der Waals surface area contributed by atoms with Crippen LogP contribution in [0.4, 0.5) is 0 Å². The van der Waals surface area contributed by atoms with Gasteiger partial charge in [0.25, 0.3) is 0 Å². The van der Waals surface area contributed by atoms with Gasteiger partial charge in [0.1, 0.15) is 0 Å². The highest BCUT2D eigenvalue weighted by atomic mass is 32.1. The molecule has 0 atom stereocenters. The zero-order valence-electron chi connectivity index (χ0n) is 25.0. The number of thiophene rings is 1. The third-order valence-electron chi connectivity index (χ3n) is 10.3. The van der Waals surface area contributed by atoms with Crippen LogP contribution >= 0.6 is 11.3 Å². The second-order valence-corrected chi connectivity index (χ2v) is 14.4. The molecule has 206 valence electrons. The van der Waals surface area contributed by atoms with E-state index >= 15 is 0 Å². The first kappa shape index (κ1) is 25.1. The van der Waals surface area contributed by atoms with Crippen molar-refractivity contribution >= 4 is 31.5 Å². The van der Waals surface area contributed by atoms with Crippen LogP contribution in [-0.2, 0) is 10.8 Å². The Morgan fingerprint density at radius 3 is 2.05 bits per heavy atom. The second-order valence-electron chi connectivity index (χ2n) is 13.3. The van der Waals surface area contributed by atoms with Crippen molar-refractivity contribution in [2.75, 3.05) is 0 Å². The molecule has 0 unspecified atom stereocenters. The number of hydrogen-bond acceptors (Lipinski definition) is 1. The highest BCUT2D eigenvalue weighted by Crippen LogP contribution is 2.59. The lowest BCUT2D eigenvalue weighted by Crippen LogP contribution is -2.18. The molecule has 1 aromatic heterocycles. The molecule has 0 saturated carbocycles. The van der Waals surface area contributed by atoms with E-state index in [1.807, 2.05) is 11.3 Å². The van der Waals surface area contributed by atoms with Gasteiger partial charge in [-0.05, 0) is 85.0 Å². The lowest BCUT2D eigenvalue weighted by molar-refractivity contribution is 0.647. The molecule has 0 nitrogen and oxygen atoms in total. The highest BCUT2D eigenvalue weighted by Gasteiger charge is 2.44. The van der Waals surface area contributed by atoms with Gasteiger partial charge in [0, 0.05) is 31.0 Å². The Bertz CT molecular complexity index is 2290. The topological polar surface area (TPSA) is 0 Å². The van der Waals surface area contributed by atoms with E-state index in [0.717, 1.165) is 0 Å². The Morgan fingerprint density at radius 2 is 1.14 bits per heavy atom. The first-order valence-corrected chi connectivity index (χ1v) is 16.1. The van der Waals surface area contributed by atoms with Gasteiger partial charge in [0.2, 0.25) is 0 Å². The van der Waals surface area contributed by atoms with Gasteiger partial charge in [-0.3, -0.25) is 0 Å². The maximum Gasteiger partial charge on any atom is 0.0433 e. The summed E-state index contributed by atoms with van der Waals surface area (Å²) in [5.74, 6) is 0. The average molecular weight is 569 g/mol. The largest absolute Gasteiger partial charge is 0.135 e. The Balaban J connectivity index is 1.18. The molecule has 9 rings (SSSR count). The summed E-state index contributed by atoms with van der Waals surface area (Å²) in [7, 11) is 0. The standard InChI is InChI=1S/C42H32S/c1-41(2)34-17-7-5-14-33(34)38-35(41)22-21-31-29-20-19-26(24-36(29)42(3,4)39(31)38)25-11-9-12-27(23-25)28-15-10-16-32-30-13-6-8-18-37(30)43-40(28)32/h5-24H,1-4H3. The number of fused-ring (bicyclic) bond motifs is 10. The van der Waals surface area contributed by atoms with E-state index in [-0.39, 0.29) is 10.8 Å². The predicted octanol–water partition coefficient (Wildman–Crippen LogP) is 12.0. The fourth-order valence-corrected chi connectivity index (χ4v) is 9.36. The molecule has 7 aromatic rings. The van der Waals surface area contributed by atoms with Crippen molar-refractivity contribution in [2.24, 2.45) is 0 Å². The summed E-state index contributed by atoms with van der Waals surface area (Å²) in [4.78, 5) is 0. The zero-order valence-corrected chi connectivity index (χ0v) is 25.8. The third kappa shape index (κ3) is 3.32. The molecule has 43 heavy (non-hydrogen) atoms. The maximum atomic E-state index is 2.47. The molecule has 2 aliphatic rings. The van der Waals surface area contributed by atoms with Crippen LogP contribution in [0.1, 0.15) is 49.9 Å². The molecule has 0 amide bonds. The van der Waals surface area contributed by atoms with E-state index in [4.69, 9.17) is 0 Å². The van der Waals surface area contributed by atoms with Gasteiger partial charge >= 0.3 is 0 Å². The lowest BCUT2D eigenvalue weighted by atomic mass is 9.77. The molecule has 0 bridgehead atoms. The van der Waals surface area contributed by atoms with Crippen molar-refractivity contribution in [3.8, 4) is 44.5 Å². The van der Waals surface area contributed by atoms with E-state index in [2.05, 4.69) is 149 Å². The monoisotopic (exact) mass is 568 g/mol. The molecular formula is C42H32S. The molecule has 6 aromatic carbocycles. The second kappa shape index (κ2) is 8.56. The third-order valence-corrected chi connectivity index (χ3v) is 11.5. The fraction of sp³-hybridized carbons (Fsp3) is 0.143. The smallest absolute Gasteiger partial charge is 0.0433 e. The summed E-state index contributed by atoms with van der Waals surface area (Å²) in [6.45, 7) is 9.61. The lowest BCUT2D eigenvalue weighted by Gasteiger charge is -2.26. The summed E-state index contributed by atoms with van der Waals surface area (Å²) < 4.78 is 2.71. The molecule has 0 radical (unpaired) electrons. The summed E-state index contributed by atoms with van der Waals surface area (Å²) in [5.41, 5.74) is 16.5. The Morgan fingerprint density at radius 1 is 0.442 bits per heavy atom. The first-order chi connectivity index (χ1) is 20.8. The van der Waals surface area contributed by atoms with Crippen molar-refractivity contribution in [2.45, 2.75) is 38.5 Å². The molecular weight excluding hydrogens is 537 g/mol. The van der Waals surface area contributed by atoms with E-state index in [1.54, 1.807) is 0 Å². The van der Waals surface area contributed by atoms with Gasteiger partial charge < -0.3 is 0 Å². The minimum Gasteiger partial charge on any atom is -0.135 e. The van der Waals surface area contributed by atoms with Gasteiger partial charge in [-0.2, -0.15) is 0 Å². The SMILES string of the molecule is CC1(C)c2ccccc2-c2c1ccc1c2C(C)(C)c2cc(-c3cccc(-c4cccc5c4sc4ccccc45)c3)ccc2-1. The molecule has 0 aliphatic heterocycles. The molecule has 0 fully saturated rings. The Hall–Kier alpha value is -4.46. The molecule has 0 saturated heterocycles. The number of benzene rings is 6. The van der Waals surface area contributed by atoms with E-state index in [9.17, 15) is 0 Å². The van der Waals surface area contributed by atoms with Gasteiger partial charge in [0.05, 0.1) is 0 Å². The number of hydrogen-bond donors (Lipinski definition) is 0. The van der Waals surface area contributed by atoms with Crippen molar-refractivity contribution in [3.05, 3.63) is 144 Å². The summed E-state index contributed by atoms with van der Waals surface area (Å²) in [6.07, 6.45) is 0. The van der Waals surface area contributed by atoms with Crippen LogP contribution in [0.3, 0.4) is 0 Å². The van der Waals surface area contributed by atoms with E-state index in [1.165, 1.54) is 86.9 Å². The predicted molar refractivity (Wildman–Crippen MR) is 185 cm³/mol. The molecule has 0 spiro atoms. The summed E-state index contributed by atoms with van der Waals surface area (Å²) >= 11 is 1.90. The van der Waals surface area contributed by atoms with Gasteiger partial charge in [0.15, 0.2) is 0 Å². The summed E-state index contributed by atoms with van der Waals surface area (Å²) in [6, 6.07) is 45.6. The minimum absolute atomic E-state index is 0.00861. The highest BCUT2D eigenvalue weighted by molar-refractivity contribution is 7.26. The van der Waals surface area contributed by atoms with Gasteiger partial charge in [-0.1, -0.05) is 131 Å². The summed E-state index contributed by atoms with van der Waals surface area (Å²) in [5, 5.41) is 2.69. The van der Waals surface area contributed by atoms with Crippen molar-refractivity contribution in [3.63, 3.8) is 0 Å². The Kier molecular flexibility index (Phi) is 4.99. The normalized spacial score (nSPS) is 15.3. The zero-order chi connectivity index (χ0) is 29.1. The molecule has 1 heteroatoms. The van der Waals surface area contributed by atoms with Crippen molar-refractivity contribution in [1.82, 2.24) is 0 Å².